The van der Waals surface area contributed by atoms with E-state index in [0.29, 0.717) is 6.54 Å². The maximum absolute atomic E-state index is 11.3. The van der Waals surface area contributed by atoms with E-state index in [1.165, 1.54) is 12.1 Å². The first-order chi connectivity index (χ1) is 9.20. The van der Waals surface area contributed by atoms with Gasteiger partial charge >= 0.3 is 11.7 Å². The zero-order chi connectivity index (χ0) is 15.5. The van der Waals surface area contributed by atoms with Crippen molar-refractivity contribution in [1.29, 1.82) is 0 Å². The summed E-state index contributed by atoms with van der Waals surface area (Å²) in [5.41, 5.74) is -0.833. The lowest BCUT2D eigenvalue weighted by Gasteiger charge is -2.36. The number of nitro benzene ring substituents is 1. The molecule has 0 fully saturated rings. The van der Waals surface area contributed by atoms with Gasteiger partial charge in [-0.3, -0.25) is 10.1 Å². The third-order valence-electron chi connectivity index (χ3n) is 2.84. The van der Waals surface area contributed by atoms with E-state index in [-0.39, 0.29) is 11.3 Å². The summed E-state index contributed by atoms with van der Waals surface area (Å²) in [4.78, 5) is 23.5. The van der Waals surface area contributed by atoms with Gasteiger partial charge in [0, 0.05) is 12.1 Å². The second-order valence-corrected chi connectivity index (χ2v) is 5.31. The number of benzene rings is 1. The maximum atomic E-state index is 11.3. The van der Waals surface area contributed by atoms with Crippen LogP contribution in [0, 0.1) is 10.1 Å². The fourth-order valence-electron chi connectivity index (χ4n) is 1.98. The van der Waals surface area contributed by atoms with E-state index < -0.39 is 22.1 Å². The van der Waals surface area contributed by atoms with Crippen molar-refractivity contribution < 1.29 is 14.8 Å². The highest BCUT2D eigenvalue weighted by Crippen LogP contribution is 2.35. The molecule has 1 aromatic carbocycles. The Bertz CT molecular complexity index is 547. The van der Waals surface area contributed by atoms with Gasteiger partial charge in [0.1, 0.15) is 11.3 Å². The largest absolute Gasteiger partial charge is 0.477 e. The van der Waals surface area contributed by atoms with Crippen molar-refractivity contribution in [2.24, 2.45) is 0 Å². The van der Waals surface area contributed by atoms with E-state index in [1.807, 2.05) is 20.8 Å². The first-order valence-electron chi connectivity index (χ1n) is 6.09. The molecule has 0 heterocycles. The Labute approximate surface area is 117 Å². The number of nitrogens with zero attached hydrogens (tertiary/aromatic N) is 2. The maximum Gasteiger partial charge on any atom is 0.342 e. The lowest BCUT2D eigenvalue weighted by atomic mass is 10.0. The van der Waals surface area contributed by atoms with E-state index in [9.17, 15) is 14.9 Å². The van der Waals surface area contributed by atoms with Crippen molar-refractivity contribution in [3.8, 4) is 0 Å². The Hall–Kier alpha value is -2.37. The number of aromatic carboxylic acids is 1. The first-order valence-corrected chi connectivity index (χ1v) is 6.09. The summed E-state index contributed by atoms with van der Waals surface area (Å²) in [7, 11) is 0. The molecule has 0 saturated heterocycles. The average Bonchev–Trinajstić information content (AvgIpc) is 2.33. The fourth-order valence-corrected chi connectivity index (χ4v) is 1.98. The molecular formula is C14H18N2O4. The highest BCUT2D eigenvalue weighted by molar-refractivity contribution is 5.95. The van der Waals surface area contributed by atoms with Crippen LogP contribution in [-0.4, -0.2) is 28.1 Å². The Morgan fingerprint density at radius 3 is 2.50 bits per heavy atom. The molecule has 0 atom stereocenters. The SMILES string of the molecule is C=CCN(c1cccc(C(=O)O)c1[N+](=O)[O-])C(C)(C)C. The van der Waals surface area contributed by atoms with Crippen molar-refractivity contribution in [2.75, 3.05) is 11.4 Å². The van der Waals surface area contributed by atoms with Crippen molar-refractivity contribution in [3.63, 3.8) is 0 Å². The molecule has 0 aliphatic rings. The molecule has 0 spiro atoms. The summed E-state index contributed by atoms with van der Waals surface area (Å²) in [6, 6.07) is 4.30. The van der Waals surface area contributed by atoms with Gasteiger partial charge in [-0.25, -0.2) is 4.79 Å². The van der Waals surface area contributed by atoms with Crippen LogP contribution in [0.5, 0.6) is 0 Å². The minimum Gasteiger partial charge on any atom is -0.477 e. The number of nitro groups is 1. The number of rotatable bonds is 5. The normalized spacial score (nSPS) is 10.9. The molecule has 0 unspecified atom stereocenters. The summed E-state index contributed by atoms with van der Waals surface area (Å²) in [5, 5.41) is 20.4. The topological polar surface area (TPSA) is 83.7 Å². The lowest BCUT2D eigenvalue weighted by Crippen LogP contribution is -2.42. The summed E-state index contributed by atoms with van der Waals surface area (Å²) < 4.78 is 0. The van der Waals surface area contributed by atoms with Crippen LogP contribution < -0.4 is 4.90 Å². The number of hydrogen-bond donors (Lipinski definition) is 1. The zero-order valence-electron chi connectivity index (χ0n) is 11.8. The monoisotopic (exact) mass is 278 g/mol. The quantitative estimate of drug-likeness (QED) is 0.508. The Morgan fingerprint density at radius 2 is 2.10 bits per heavy atom. The molecule has 0 saturated carbocycles. The predicted molar refractivity (Wildman–Crippen MR) is 77.4 cm³/mol. The van der Waals surface area contributed by atoms with Gasteiger partial charge in [0.05, 0.1) is 4.92 Å². The average molecular weight is 278 g/mol. The number of para-hydroxylation sites is 1. The van der Waals surface area contributed by atoms with Crippen LogP contribution >= 0.6 is 0 Å². The van der Waals surface area contributed by atoms with Gasteiger partial charge in [0.15, 0.2) is 0 Å². The number of hydrogen-bond acceptors (Lipinski definition) is 4. The van der Waals surface area contributed by atoms with Crippen LogP contribution in [0.4, 0.5) is 11.4 Å². The fraction of sp³-hybridized carbons (Fsp3) is 0.357. The molecule has 0 radical (unpaired) electrons. The second-order valence-electron chi connectivity index (χ2n) is 5.31. The smallest absolute Gasteiger partial charge is 0.342 e. The molecule has 0 amide bonds. The number of carbonyl (C=O) groups is 1. The Kier molecular flexibility index (Phi) is 4.49. The summed E-state index contributed by atoms with van der Waals surface area (Å²) in [6.45, 7) is 9.72. The Morgan fingerprint density at radius 1 is 1.50 bits per heavy atom. The van der Waals surface area contributed by atoms with Gasteiger partial charge in [0.25, 0.3) is 0 Å². The second kappa shape index (κ2) is 5.73. The third kappa shape index (κ3) is 3.14. The molecule has 0 aliphatic heterocycles. The van der Waals surface area contributed by atoms with Crippen molar-refractivity contribution >= 4 is 17.3 Å². The Balaban J connectivity index is 3.57. The van der Waals surface area contributed by atoms with Crippen molar-refractivity contribution in [2.45, 2.75) is 26.3 Å². The van der Waals surface area contributed by atoms with Crippen LogP contribution in [0.1, 0.15) is 31.1 Å². The highest BCUT2D eigenvalue weighted by Gasteiger charge is 2.31. The zero-order valence-corrected chi connectivity index (χ0v) is 11.8. The van der Waals surface area contributed by atoms with Crippen molar-refractivity contribution in [3.05, 3.63) is 46.5 Å². The number of carboxylic acid groups (broad SMARTS) is 1. The summed E-state index contributed by atoms with van der Waals surface area (Å²) in [6.07, 6.45) is 1.63. The molecule has 6 nitrogen and oxygen atoms in total. The van der Waals surface area contributed by atoms with E-state index >= 15 is 0 Å². The van der Waals surface area contributed by atoms with Gasteiger partial charge < -0.3 is 10.0 Å². The molecule has 6 heteroatoms. The number of anilines is 1. The molecule has 0 aliphatic carbocycles. The molecule has 20 heavy (non-hydrogen) atoms. The van der Waals surface area contributed by atoms with E-state index in [1.54, 1.807) is 17.0 Å². The van der Waals surface area contributed by atoms with E-state index in [0.717, 1.165) is 0 Å². The van der Waals surface area contributed by atoms with Crippen LogP contribution in [0.15, 0.2) is 30.9 Å². The van der Waals surface area contributed by atoms with Gasteiger partial charge in [-0.15, -0.1) is 6.58 Å². The highest BCUT2D eigenvalue weighted by atomic mass is 16.6. The predicted octanol–water partition coefficient (Wildman–Crippen LogP) is 3.08. The molecule has 1 N–H and O–H groups in total. The van der Waals surface area contributed by atoms with E-state index in [4.69, 9.17) is 5.11 Å². The summed E-state index contributed by atoms with van der Waals surface area (Å²) >= 11 is 0. The summed E-state index contributed by atoms with van der Waals surface area (Å²) in [5.74, 6) is -1.31. The van der Waals surface area contributed by atoms with Gasteiger partial charge in [-0.2, -0.15) is 0 Å². The molecule has 0 bridgehead atoms. The third-order valence-corrected chi connectivity index (χ3v) is 2.84. The number of carboxylic acids is 1. The van der Waals surface area contributed by atoms with Gasteiger partial charge in [-0.05, 0) is 32.9 Å². The van der Waals surface area contributed by atoms with Crippen LogP contribution in [-0.2, 0) is 0 Å². The van der Waals surface area contributed by atoms with Crippen LogP contribution in [0.25, 0.3) is 0 Å². The lowest BCUT2D eigenvalue weighted by molar-refractivity contribution is -0.384. The minimum atomic E-state index is -1.31. The standard InChI is InChI=1S/C14H18N2O4/c1-5-9-15(14(2,3)4)11-8-6-7-10(13(17)18)12(11)16(19)20/h5-8H,1,9H2,2-4H3,(H,17,18). The molecule has 0 aromatic heterocycles. The molecule has 108 valence electrons. The first kappa shape index (κ1) is 15.7. The van der Waals surface area contributed by atoms with E-state index in [2.05, 4.69) is 6.58 Å². The molecule has 1 rings (SSSR count). The molecule has 1 aromatic rings. The van der Waals surface area contributed by atoms with Crippen LogP contribution in [0.2, 0.25) is 0 Å². The van der Waals surface area contributed by atoms with Gasteiger partial charge in [0.2, 0.25) is 0 Å². The van der Waals surface area contributed by atoms with Crippen molar-refractivity contribution in [1.82, 2.24) is 0 Å². The van der Waals surface area contributed by atoms with Gasteiger partial charge in [-0.1, -0.05) is 12.1 Å². The minimum absolute atomic E-state index is 0.280. The molecular weight excluding hydrogens is 260 g/mol. The van der Waals surface area contributed by atoms with Crippen LogP contribution in [0.3, 0.4) is 0 Å².